The van der Waals surface area contributed by atoms with Crippen LogP contribution >= 0.6 is 0 Å². The van der Waals surface area contributed by atoms with Crippen LogP contribution in [0, 0.1) is 0 Å². The lowest BCUT2D eigenvalue weighted by Gasteiger charge is -2.24. The molecule has 0 atom stereocenters. The molecular weight excluding hydrogens is 188 g/mol. The second-order valence-corrected chi connectivity index (χ2v) is 4.26. The summed E-state index contributed by atoms with van der Waals surface area (Å²) in [5, 5.41) is 6.36. The van der Waals surface area contributed by atoms with E-state index in [2.05, 4.69) is 41.4 Å². The third-order valence-corrected chi connectivity index (χ3v) is 2.58. The summed E-state index contributed by atoms with van der Waals surface area (Å²) < 4.78 is 0. The summed E-state index contributed by atoms with van der Waals surface area (Å²) in [5.41, 5.74) is 1.28. The highest BCUT2D eigenvalue weighted by molar-refractivity contribution is 5.23. The van der Waals surface area contributed by atoms with Gasteiger partial charge in [0.15, 0.2) is 0 Å². The first kappa shape index (κ1) is 11.9. The Morgan fingerprint density at radius 2 is 1.87 bits per heavy atom. The average Bonchev–Trinajstić information content (AvgIpc) is 2.27. The summed E-state index contributed by atoms with van der Waals surface area (Å²) in [4.78, 5) is 8.32. The van der Waals surface area contributed by atoms with Gasteiger partial charge in [0, 0.05) is 37.1 Å². The first-order valence-electron chi connectivity index (χ1n) is 5.31. The Morgan fingerprint density at radius 1 is 1.27 bits per heavy atom. The van der Waals surface area contributed by atoms with E-state index in [1.165, 1.54) is 0 Å². The molecule has 0 aliphatic heterocycles. The molecule has 0 fully saturated rings. The van der Waals surface area contributed by atoms with Gasteiger partial charge < -0.3 is 10.6 Å². The highest BCUT2D eigenvalue weighted by Crippen LogP contribution is 2.08. The molecule has 84 valence electrons. The van der Waals surface area contributed by atoms with Crippen LogP contribution in [0.2, 0.25) is 0 Å². The number of nitrogens with one attached hydrogen (secondary N) is 2. The van der Waals surface area contributed by atoms with E-state index in [1.807, 2.05) is 19.4 Å². The monoisotopic (exact) mass is 208 g/mol. The van der Waals surface area contributed by atoms with Gasteiger partial charge in [-0.05, 0) is 20.3 Å². The molecule has 0 radical (unpaired) electrons. The molecule has 4 heteroatoms. The number of anilines is 1. The third kappa shape index (κ3) is 3.83. The van der Waals surface area contributed by atoms with E-state index in [1.54, 1.807) is 0 Å². The molecule has 0 saturated carbocycles. The molecule has 1 heterocycles. The van der Waals surface area contributed by atoms with Gasteiger partial charge in [-0.2, -0.15) is 0 Å². The number of hydrogen-bond acceptors (Lipinski definition) is 4. The van der Waals surface area contributed by atoms with Crippen molar-refractivity contribution < 1.29 is 0 Å². The minimum atomic E-state index is 0.168. The SMILES string of the molecule is CCC(C)(C)NCc1cnc(NC)nc1. The molecule has 2 N–H and O–H groups in total. The summed E-state index contributed by atoms with van der Waals surface area (Å²) in [6, 6.07) is 0. The van der Waals surface area contributed by atoms with Gasteiger partial charge in [0.25, 0.3) is 0 Å². The van der Waals surface area contributed by atoms with Crippen LogP contribution in [0.25, 0.3) is 0 Å². The van der Waals surface area contributed by atoms with Crippen LogP contribution in [0.3, 0.4) is 0 Å². The van der Waals surface area contributed by atoms with Crippen molar-refractivity contribution in [2.45, 2.75) is 39.3 Å². The van der Waals surface area contributed by atoms with E-state index in [0.29, 0.717) is 5.95 Å². The summed E-state index contributed by atoms with van der Waals surface area (Å²) in [6.07, 6.45) is 4.79. The number of nitrogens with zero attached hydrogens (tertiary/aromatic N) is 2. The van der Waals surface area contributed by atoms with Gasteiger partial charge in [-0.25, -0.2) is 9.97 Å². The minimum absolute atomic E-state index is 0.168. The quantitative estimate of drug-likeness (QED) is 0.774. The van der Waals surface area contributed by atoms with Crippen molar-refractivity contribution in [3.63, 3.8) is 0 Å². The van der Waals surface area contributed by atoms with E-state index in [4.69, 9.17) is 0 Å². The van der Waals surface area contributed by atoms with E-state index in [9.17, 15) is 0 Å². The van der Waals surface area contributed by atoms with Gasteiger partial charge >= 0.3 is 0 Å². The van der Waals surface area contributed by atoms with Crippen LogP contribution in [-0.4, -0.2) is 22.6 Å². The summed E-state index contributed by atoms with van der Waals surface area (Å²) >= 11 is 0. The smallest absolute Gasteiger partial charge is 0.222 e. The summed E-state index contributed by atoms with van der Waals surface area (Å²) in [6.45, 7) is 7.37. The van der Waals surface area contributed by atoms with E-state index in [0.717, 1.165) is 18.5 Å². The zero-order valence-electron chi connectivity index (χ0n) is 9.96. The Bertz CT molecular complexity index is 292. The molecule has 0 aliphatic rings. The van der Waals surface area contributed by atoms with Gasteiger partial charge in [-0.3, -0.25) is 0 Å². The second-order valence-electron chi connectivity index (χ2n) is 4.26. The fraction of sp³-hybridized carbons (Fsp3) is 0.636. The molecule has 0 aromatic carbocycles. The zero-order valence-corrected chi connectivity index (χ0v) is 9.96. The van der Waals surface area contributed by atoms with E-state index in [-0.39, 0.29) is 5.54 Å². The average molecular weight is 208 g/mol. The second kappa shape index (κ2) is 5.07. The molecule has 15 heavy (non-hydrogen) atoms. The van der Waals surface area contributed by atoms with E-state index < -0.39 is 0 Å². The Labute approximate surface area is 91.5 Å². The molecular formula is C11H20N4. The van der Waals surface area contributed by atoms with Crippen molar-refractivity contribution in [2.24, 2.45) is 0 Å². The van der Waals surface area contributed by atoms with Gasteiger partial charge in [-0.1, -0.05) is 6.92 Å². The first-order valence-corrected chi connectivity index (χ1v) is 5.31. The lowest BCUT2D eigenvalue weighted by atomic mass is 10.0. The third-order valence-electron chi connectivity index (χ3n) is 2.58. The molecule has 0 saturated heterocycles. The number of hydrogen-bond donors (Lipinski definition) is 2. The largest absolute Gasteiger partial charge is 0.357 e. The summed E-state index contributed by atoms with van der Waals surface area (Å²) in [5.74, 6) is 0.661. The predicted molar refractivity (Wildman–Crippen MR) is 62.8 cm³/mol. The topological polar surface area (TPSA) is 49.8 Å². The standard InChI is InChI=1S/C11H20N4/c1-5-11(2,3)15-8-9-6-13-10(12-4)14-7-9/h6-7,15H,5,8H2,1-4H3,(H,12,13,14). The van der Waals surface area contributed by atoms with Crippen molar-refractivity contribution >= 4 is 5.95 Å². The molecule has 0 spiro atoms. The highest BCUT2D eigenvalue weighted by Gasteiger charge is 2.13. The first-order chi connectivity index (χ1) is 7.07. The molecule has 0 bridgehead atoms. The predicted octanol–water partition coefficient (Wildman–Crippen LogP) is 1.80. The fourth-order valence-corrected chi connectivity index (χ4v) is 1.04. The van der Waals surface area contributed by atoms with Crippen LogP contribution in [0.1, 0.15) is 32.8 Å². The maximum atomic E-state index is 4.16. The van der Waals surface area contributed by atoms with Crippen molar-refractivity contribution in [1.82, 2.24) is 15.3 Å². The molecule has 0 unspecified atom stereocenters. The van der Waals surface area contributed by atoms with Crippen LogP contribution in [-0.2, 0) is 6.54 Å². The maximum Gasteiger partial charge on any atom is 0.222 e. The van der Waals surface area contributed by atoms with Crippen molar-refractivity contribution in [2.75, 3.05) is 12.4 Å². The van der Waals surface area contributed by atoms with Crippen LogP contribution in [0.5, 0.6) is 0 Å². The van der Waals surface area contributed by atoms with Crippen LogP contribution < -0.4 is 10.6 Å². The summed E-state index contributed by atoms with van der Waals surface area (Å²) in [7, 11) is 1.81. The number of aromatic nitrogens is 2. The van der Waals surface area contributed by atoms with Crippen molar-refractivity contribution in [3.8, 4) is 0 Å². The molecule has 4 nitrogen and oxygen atoms in total. The normalized spacial score (nSPS) is 11.5. The Morgan fingerprint density at radius 3 is 2.33 bits per heavy atom. The molecule has 0 amide bonds. The molecule has 1 aromatic heterocycles. The van der Waals surface area contributed by atoms with Crippen molar-refractivity contribution in [1.29, 1.82) is 0 Å². The molecule has 0 aliphatic carbocycles. The Kier molecular flexibility index (Phi) is 4.03. The maximum absolute atomic E-state index is 4.16. The van der Waals surface area contributed by atoms with Crippen molar-refractivity contribution in [3.05, 3.63) is 18.0 Å². The fourth-order valence-electron chi connectivity index (χ4n) is 1.04. The molecule has 1 aromatic rings. The van der Waals surface area contributed by atoms with Gasteiger partial charge in [0.05, 0.1) is 0 Å². The zero-order chi connectivity index (χ0) is 11.3. The lowest BCUT2D eigenvalue weighted by molar-refractivity contribution is 0.374. The highest BCUT2D eigenvalue weighted by atomic mass is 15.1. The van der Waals surface area contributed by atoms with Gasteiger partial charge in [0.1, 0.15) is 0 Å². The van der Waals surface area contributed by atoms with Crippen LogP contribution in [0.4, 0.5) is 5.95 Å². The number of rotatable bonds is 5. The van der Waals surface area contributed by atoms with Gasteiger partial charge in [0.2, 0.25) is 5.95 Å². The minimum Gasteiger partial charge on any atom is -0.357 e. The molecule has 1 rings (SSSR count). The Balaban J connectivity index is 2.51. The Hall–Kier alpha value is -1.16. The lowest BCUT2D eigenvalue weighted by Crippen LogP contribution is -2.37. The van der Waals surface area contributed by atoms with Crippen LogP contribution in [0.15, 0.2) is 12.4 Å². The van der Waals surface area contributed by atoms with E-state index >= 15 is 0 Å². The van der Waals surface area contributed by atoms with Gasteiger partial charge in [-0.15, -0.1) is 0 Å².